The average Bonchev–Trinajstić information content (AvgIpc) is 2.99. The van der Waals surface area contributed by atoms with Crippen molar-refractivity contribution in [2.24, 2.45) is 13.0 Å². The van der Waals surface area contributed by atoms with Crippen LogP contribution in [-0.4, -0.2) is 55.7 Å². The van der Waals surface area contributed by atoms with Crippen molar-refractivity contribution in [3.63, 3.8) is 0 Å². The maximum atomic E-state index is 13.2. The van der Waals surface area contributed by atoms with Crippen molar-refractivity contribution in [2.45, 2.75) is 31.6 Å². The number of aromatic nitrogens is 2. The van der Waals surface area contributed by atoms with Crippen LogP contribution in [0.5, 0.6) is 11.5 Å². The van der Waals surface area contributed by atoms with Crippen molar-refractivity contribution >= 4 is 21.6 Å². The van der Waals surface area contributed by atoms with E-state index in [-0.39, 0.29) is 17.3 Å². The summed E-state index contributed by atoms with van der Waals surface area (Å²) in [5, 5.41) is 7.09. The van der Waals surface area contributed by atoms with Gasteiger partial charge in [0.2, 0.25) is 15.9 Å². The fraction of sp³-hybridized carbons (Fsp3) is 0.500. The van der Waals surface area contributed by atoms with Gasteiger partial charge in [-0.25, -0.2) is 8.42 Å². The van der Waals surface area contributed by atoms with Crippen molar-refractivity contribution in [1.29, 1.82) is 0 Å². The molecule has 1 fully saturated rings. The molecule has 1 aromatic heterocycles. The van der Waals surface area contributed by atoms with Crippen LogP contribution in [0.4, 0.5) is 5.69 Å². The lowest BCUT2D eigenvalue weighted by atomic mass is 9.98. The van der Waals surface area contributed by atoms with Gasteiger partial charge in [-0.3, -0.25) is 9.48 Å². The first-order valence-corrected chi connectivity index (χ1v) is 11.2. The Kier molecular flexibility index (Phi) is 6.37. The van der Waals surface area contributed by atoms with E-state index in [1.54, 1.807) is 50.9 Å². The Balaban J connectivity index is 1.76. The number of carbonyl (C=O) groups is 1. The molecule has 30 heavy (non-hydrogen) atoms. The van der Waals surface area contributed by atoms with Gasteiger partial charge in [0.15, 0.2) is 11.5 Å². The van der Waals surface area contributed by atoms with E-state index < -0.39 is 15.9 Å². The van der Waals surface area contributed by atoms with Crippen LogP contribution in [-0.2, 0) is 21.9 Å². The molecule has 0 aliphatic carbocycles. The minimum absolute atomic E-state index is 0.134. The van der Waals surface area contributed by atoms with Crippen molar-refractivity contribution in [3.8, 4) is 11.5 Å². The topological polar surface area (TPSA) is 103 Å². The van der Waals surface area contributed by atoms with E-state index in [1.165, 1.54) is 11.4 Å². The van der Waals surface area contributed by atoms with Gasteiger partial charge in [-0.1, -0.05) is 0 Å². The third kappa shape index (κ3) is 4.15. The summed E-state index contributed by atoms with van der Waals surface area (Å²) < 4.78 is 39.9. The number of nitrogens with zero attached hydrogens (tertiary/aromatic N) is 3. The number of carbonyl (C=O) groups excluding carboxylic acids is 1. The van der Waals surface area contributed by atoms with E-state index in [2.05, 4.69) is 10.4 Å². The molecule has 1 atom stereocenters. The molecule has 0 saturated carbocycles. The lowest BCUT2D eigenvalue weighted by Gasteiger charge is -2.31. The molecule has 1 saturated heterocycles. The lowest BCUT2D eigenvalue weighted by molar-refractivity contribution is -0.120. The molecule has 1 aliphatic rings. The van der Waals surface area contributed by atoms with Crippen LogP contribution in [0.3, 0.4) is 0 Å². The van der Waals surface area contributed by atoms with Gasteiger partial charge in [-0.05, 0) is 38.8 Å². The van der Waals surface area contributed by atoms with Gasteiger partial charge in [0.1, 0.15) is 4.90 Å². The van der Waals surface area contributed by atoms with E-state index >= 15 is 0 Å². The van der Waals surface area contributed by atoms with Crippen LogP contribution in [0.25, 0.3) is 0 Å². The minimum atomic E-state index is -3.73. The second-order valence-corrected chi connectivity index (χ2v) is 9.26. The van der Waals surface area contributed by atoms with Gasteiger partial charge in [0, 0.05) is 31.9 Å². The molecule has 1 N–H and O–H groups in total. The zero-order valence-electron chi connectivity index (χ0n) is 17.9. The van der Waals surface area contributed by atoms with Crippen LogP contribution in [0.2, 0.25) is 0 Å². The SMILES string of the molecule is COc1ccc(NC(=O)[C@@H]2CCCN(S(=O)(=O)c3c(C)nn(C)c3C)C2)cc1OC. The summed E-state index contributed by atoms with van der Waals surface area (Å²) in [7, 11) is 1.06. The van der Waals surface area contributed by atoms with Gasteiger partial charge in [0.05, 0.1) is 31.5 Å². The first-order valence-electron chi connectivity index (χ1n) is 9.72. The van der Waals surface area contributed by atoms with Crippen LogP contribution >= 0.6 is 0 Å². The Bertz CT molecular complexity index is 1050. The monoisotopic (exact) mass is 436 g/mol. The lowest BCUT2D eigenvalue weighted by Crippen LogP contribution is -2.44. The predicted octanol–water partition coefficient (Wildman–Crippen LogP) is 2.09. The van der Waals surface area contributed by atoms with E-state index in [1.807, 2.05) is 0 Å². The van der Waals surface area contributed by atoms with Crippen molar-refractivity contribution in [3.05, 3.63) is 29.6 Å². The predicted molar refractivity (Wildman–Crippen MR) is 112 cm³/mol. The highest BCUT2D eigenvalue weighted by Crippen LogP contribution is 2.31. The third-order valence-corrected chi connectivity index (χ3v) is 7.56. The number of anilines is 1. The van der Waals surface area contributed by atoms with Crippen molar-refractivity contribution in [1.82, 2.24) is 14.1 Å². The standard InChI is InChI=1S/C20H28N4O5S/c1-13-19(14(2)23(3)22-13)30(26,27)24-10-6-7-15(12-24)20(25)21-16-8-9-17(28-4)18(11-16)29-5/h8-9,11,15H,6-7,10,12H2,1-5H3,(H,21,25)/t15-/m1/s1. The molecule has 1 amide bonds. The third-order valence-electron chi connectivity index (χ3n) is 5.45. The van der Waals surface area contributed by atoms with E-state index in [0.29, 0.717) is 48.0 Å². The molecule has 0 radical (unpaired) electrons. The smallest absolute Gasteiger partial charge is 0.246 e. The number of rotatable bonds is 6. The van der Waals surface area contributed by atoms with E-state index in [9.17, 15) is 13.2 Å². The normalized spacial score (nSPS) is 17.6. The summed E-state index contributed by atoms with van der Waals surface area (Å²) in [5.41, 5.74) is 1.62. The molecule has 10 heteroatoms. The summed E-state index contributed by atoms with van der Waals surface area (Å²) in [5.74, 6) is 0.402. The largest absolute Gasteiger partial charge is 0.493 e. The molecule has 3 rings (SSSR count). The number of ether oxygens (including phenoxy) is 2. The minimum Gasteiger partial charge on any atom is -0.493 e. The van der Waals surface area contributed by atoms with Crippen LogP contribution in [0.1, 0.15) is 24.2 Å². The number of hydrogen-bond donors (Lipinski definition) is 1. The highest BCUT2D eigenvalue weighted by Gasteiger charge is 2.36. The zero-order chi connectivity index (χ0) is 22.1. The summed E-state index contributed by atoms with van der Waals surface area (Å²) in [4.78, 5) is 13.1. The highest BCUT2D eigenvalue weighted by molar-refractivity contribution is 7.89. The van der Waals surface area contributed by atoms with Crippen molar-refractivity contribution in [2.75, 3.05) is 32.6 Å². The van der Waals surface area contributed by atoms with Crippen LogP contribution in [0, 0.1) is 19.8 Å². The highest BCUT2D eigenvalue weighted by atomic mass is 32.2. The molecule has 9 nitrogen and oxygen atoms in total. The summed E-state index contributed by atoms with van der Waals surface area (Å²) in [6.45, 7) is 3.94. The first-order chi connectivity index (χ1) is 14.2. The molecular weight excluding hydrogens is 408 g/mol. The van der Waals surface area contributed by atoms with Crippen molar-refractivity contribution < 1.29 is 22.7 Å². The van der Waals surface area contributed by atoms with Gasteiger partial charge in [0.25, 0.3) is 0 Å². The fourth-order valence-corrected chi connectivity index (χ4v) is 5.71. The number of sulfonamides is 1. The molecule has 2 heterocycles. The summed E-state index contributed by atoms with van der Waals surface area (Å²) in [6, 6.07) is 5.11. The average molecular weight is 437 g/mol. The number of aryl methyl sites for hydroxylation is 2. The Morgan fingerprint density at radius 3 is 2.50 bits per heavy atom. The Morgan fingerprint density at radius 2 is 1.90 bits per heavy atom. The molecule has 0 spiro atoms. The fourth-order valence-electron chi connectivity index (χ4n) is 3.79. The molecule has 0 bridgehead atoms. The number of nitrogens with one attached hydrogen (secondary N) is 1. The van der Waals surface area contributed by atoms with E-state index in [4.69, 9.17) is 9.47 Å². The molecule has 1 aromatic carbocycles. The number of piperidine rings is 1. The Hall–Kier alpha value is -2.59. The second-order valence-electron chi connectivity index (χ2n) is 7.38. The van der Waals surface area contributed by atoms with Gasteiger partial charge < -0.3 is 14.8 Å². The van der Waals surface area contributed by atoms with Crippen LogP contribution in [0.15, 0.2) is 23.1 Å². The maximum Gasteiger partial charge on any atom is 0.246 e. The number of amides is 1. The quantitative estimate of drug-likeness (QED) is 0.744. The molecular formula is C20H28N4O5S. The first kappa shape index (κ1) is 22.1. The van der Waals surface area contributed by atoms with Gasteiger partial charge in [-0.15, -0.1) is 0 Å². The van der Waals surface area contributed by atoms with Gasteiger partial charge in [-0.2, -0.15) is 9.40 Å². The molecule has 2 aromatic rings. The summed E-state index contributed by atoms with van der Waals surface area (Å²) in [6.07, 6.45) is 1.23. The second kappa shape index (κ2) is 8.65. The van der Waals surface area contributed by atoms with E-state index in [0.717, 1.165) is 0 Å². The zero-order valence-corrected chi connectivity index (χ0v) is 18.7. The molecule has 0 unspecified atom stereocenters. The van der Waals surface area contributed by atoms with Gasteiger partial charge >= 0.3 is 0 Å². The molecule has 164 valence electrons. The Labute approximate surface area is 177 Å². The number of hydrogen-bond acceptors (Lipinski definition) is 6. The number of benzene rings is 1. The maximum absolute atomic E-state index is 13.2. The van der Waals surface area contributed by atoms with Crippen LogP contribution < -0.4 is 14.8 Å². The Morgan fingerprint density at radius 1 is 1.20 bits per heavy atom. The number of methoxy groups -OCH3 is 2. The molecule has 1 aliphatic heterocycles. The summed E-state index contributed by atoms with van der Waals surface area (Å²) >= 11 is 0.